The van der Waals surface area contributed by atoms with Gasteiger partial charge in [0.2, 0.25) is 11.7 Å². The van der Waals surface area contributed by atoms with Crippen molar-refractivity contribution in [2.75, 3.05) is 7.05 Å². The van der Waals surface area contributed by atoms with Crippen molar-refractivity contribution in [3.63, 3.8) is 0 Å². The number of hydrogen-bond donors (Lipinski definition) is 0. The largest absolute Gasteiger partial charge is 0.485 e. The van der Waals surface area contributed by atoms with Gasteiger partial charge in [-0.05, 0) is 29.5 Å². The predicted molar refractivity (Wildman–Crippen MR) is 96.5 cm³/mol. The first-order valence-electron chi connectivity index (χ1n) is 8.14. The highest BCUT2D eigenvalue weighted by Gasteiger charge is 2.16. The number of para-hydroxylation sites is 1. The number of carbonyl (C=O) groups is 1. The van der Waals surface area contributed by atoms with Gasteiger partial charge >= 0.3 is 0 Å². The van der Waals surface area contributed by atoms with Gasteiger partial charge in [-0.2, -0.15) is 4.80 Å². The lowest BCUT2D eigenvalue weighted by molar-refractivity contribution is -0.131. The van der Waals surface area contributed by atoms with Crippen molar-refractivity contribution >= 4 is 17.5 Å². The minimum atomic E-state index is -0.457. The molecule has 0 unspecified atom stereocenters. The molecule has 0 atom stereocenters. The molecular formula is C18H17ClFN5O2. The van der Waals surface area contributed by atoms with Gasteiger partial charge in [0.05, 0.1) is 0 Å². The van der Waals surface area contributed by atoms with Crippen LogP contribution in [0.1, 0.15) is 11.4 Å². The molecule has 0 bridgehead atoms. The van der Waals surface area contributed by atoms with E-state index in [0.29, 0.717) is 11.6 Å². The number of ether oxygens (including phenoxy) is 1. The minimum Gasteiger partial charge on any atom is -0.485 e. The molecule has 1 aromatic heterocycles. The van der Waals surface area contributed by atoms with Crippen molar-refractivity contribution in [1.82, 2.24) is 25.1 Å². The molecule has 0 radical (unpaired) electrons. The zero-order valence-corrected chi connectivity index (χ0v) is 15.3. The van der Waals surface area contributed by atoms with Gasteiger partial charge in [0.1, 0.15) is 18.1 Å². The molecule has 1 heterocycles. The molecule has 0 saturated heterocycles. The van der Waals surface area contributed by atoms with E-state index in [1.54, 1.807) is 13.1 Å². The van der Waals surface area contributed by atoms with Crippen LogP contribution in [0.25, 0.3) is 0 Å². The maximum Gasteiger partial charge on any atom is 0.246 e. The van der Waals surface area contributed by atoms with Gasteiger partial charge in [-0.3, -0.25) is 4.79 Å². The number of halogens is 2. The van der Waals surface area contributed by atoms with E-state index in [1.807, 2.05) is 30.3 Å². The van der Waals surface area contributed by atoms with Gasteiger partial charge in [0.25, 0.3) is 0 Å². The standard InChI is InChI=1S/C18H17ClFN5O2/c1-24(10-14-15(19)8-5-9-16(14)20)18(26)11-25-22-17(21-23-25)12-27-13-6-3-2-4-7-13/h2-9H,10-12H2,1H3. The molecule has 0 spiro atoms. The monoisotopic (exact) mass is 389 g/mol. The molecule has 27 heavy (non-hydrogen) atoms. The molecule has 7 nitrogen and oxygen atoms in total. The SMILES string of the molecule is CN(Cc1c(F)cccc1Cl)C(=O)Cn1nnc(COc2ccccc2)n1. The van der Waals surface area contributed by atoms with Crippen molar-refractivity contribution < 1.29 is 13.9 Å². The number of likely N-dealkylation sites (N-methyl/N-ethyl adjacent to an activating group) is 1. The van der Waals surface area contributed by atoms with E-state index in [1.165, 1.54) is 21.8 Å². The van der Waals surface area contributed by atoms with Crippen LogP contribution in [0.15, 0.2) is 48.5 Å². The van der Waals surface area contributed by atoms with Gasteiger partial charge in [0.15, 0.2) is 6.61 Å². The van der Waals surface area contributed by atoms with E-state index < -0.39 is 5.82 Å². The highest BCUT2D eigenvalue weighted by Crippen LogP contribution is 2.20. The van der Waals surface area contributed by atoms with E-state index in [0.717, 1.165) is 0 Å². The zero-order valence-electron chi connectivity index (χ0n) is 14.5. The molecule has 140 valence electrons. The van der Waals surface area contributed by atoms with Crippen molar-refractivity contribution in [2.45, 2.75) is 19.7 Å². The molecule has 0 fully saturated rings. The molecule has 0 aliphatic heterocycles. The maximum atomic E-state index is 13.9. The number of nitrogens with zero attached hydrogens (tertiary/aromatic N) is 5. The summed E-state index contributed by atoms with van der Waals surface area (Å²) < 4.78 is 19.4. The van der Waals surface area contributed by atoms with Gasteiger partial charge in [0, 0.05) is 24.2 Å². The van der Waals surface area contributed by atoms with Crippen molar-refractivity contribution in [3.05, 3.63) is 70.8 Å². The van der Waals surface area contributed by atoms with Crippen LogP contribution in [0.5, 0.6) is 5.75 Å². The number of benzene rings is 2. The normalized spacial score (nSPS) is 10.6. The van der Waals surface area contributed by atoms with Crippen LogP contribution in [-0.2, 0) is 24.5 Å². The molecule has 0 N–H and O–H groups in total. The van der Waals surface area contributed by atoms with E-state index in [9.17, 15) is 9.18 Å². The smallest absolute Gasteiger partial charge is 0.246 e. The third kappa shape index (κ3) is 5.01. The second-order valence-corrected chi connectivity index (χ2v) is 6.20. The second-order valence-electron chi connectivity index (χ2n) is 5.79. The van der Waals surface area contributed by atoms with Crippen LogP contribution >= 0.6 is 11.6 Å². The summed E-state index contributed by atoms with van der Waals surface area (Å²) in [4.78, 5) is 14.9. The van der Waals surface area contributed by atoms with Crippen LogP contribution < -0.4 is 4.74 Å². The molecule has 9 heteroatoms. The average molecular weight is 390 g/mol. The molecule has 0 aliphatic rings. The Bertz CT molecular complexity index is 899. The fourth-order valence-corrected chi connectivity index (χ4v) is 2.54. The number of amides is 1. The average Bonchev–Trinajstić information content (AvgIpc) is 3.11. The highest BCUT2D eigenvalue weighted by molar-refractivity contribution is 6.31. The molecule has 0 saturated carbocycles. The summed E-state index contributed by atoms with van der Waals surface area (Å²) in [6.45, 7) is 0.0583. The summed E-state index contributed by atoms with van der Waals surface area (Å²) in [5.74, 6) is 0.279. The Balaban J connectivity index is 1.55. The van der Waals surface area contributed by atoms with E-state index in [-0.39, 0.29) is 36.2 Å². The van der Waals surface area contributed by atoms with E-state index >= 15 is 0 Å². The Morgan fingerprint density at radius 2 is 2.00 bits per heavy atom. The Morgan fingerprint density at radius 1 is 1.22 bits per heavy atom. The van der Waals surface area contributed by atoms with Crippen molar-refractivity contribution in [1.29, 1.82) is 0 Å². The Hall–Kier alpha value is -3.00. The summed E-state index contributed by atoms with van der Waals surface area (Å²) >= 11 is 6.00. The third-order valence-corrected chi connectivity index (χ3v) is 4.12. The lowest BCUT2D eigenvalue weighted by atomic mass is 10.2. The molecular weight excluding hydrogens is 373 g/mol. The first-order chi connectivity index (χ1) is 13.0. The van der Waals surface area contributed by atoms with Gasteiger partial charge in [-0.25, -0.2) is 4.39 Å². The van der Waals surface area contributed by atoms with Crippen molar-refractivity contribution in [2.24, 2.45) is 0 Å². The van der Waals surface area contributed by atoms with Crippen LogP contribution in [-0.4, -0.2) is 38.1 Å². The van der Waals surface area contributed by atoms with Crippen molar-refractivity contribution in [3.8, 4) is 5.75 Å². The molecule has 3 aromatic rings. The number of carbonyl (C=O) groups excluding carboxylic acids is 1. The fraction of sp³-hybridized carbons (Fsp3) is 0.222. The maximum absolute atomic E-state index is 13.9. The minimum absolute atomic E-state index is 0.0447. The molecule has 3 rings (SSSR count). The number of rotatable bonds is 7. The van der Waals surface area contributed by atoms with Gasteiger partial charge < -0.3 is 9.64 Å². The summed E-state index contributed by atoms with van der Waals surface area (Å²) in [7, 11) is 1.56. The van der Waals surface area contributed by atoms with Gasteiger partial charge in [-0.15, -0.1) is 10.2 Å². The zero-order chi connectivity index (χ0) is 19.2. The Morgan fingerprint density at radius 3 is 2.74 bits per heavy atom. The molecule has 0 aliphatic carbocycles. The molecule has 1 amide bonds. The summed E-state index contributed by atoms with van der Waals surface area (Å²) in [5.41, 5.74) is 0.263. The lowest BCUT2D eigenvalue weighted by Crippen LogP contribution is -2.31. The topological polar surface area (TPSA) is 73.1 Å². The first kappa shape index (κ1) is 18.8. The van der Waals surface area contributed by atoms with Crippen LogP contribution in [0.2, 0.25) is 5.02 Å². The van der Waals surface area contributed by atoms with E-state index in [2.05, 4.69) is 15.4 Å². The van der Waals surface area contributed by atoms with Crippen LogP contribution in [0.4, 0.5) is 4.39 Å². The lowest BCUT2D eigenvalue weighted by Gasteiger charge is -2.18. The Labute approximate surface area is 160 Å². The third-order valence-electron chi connectivity index (χ3n) is 3.76. The second kappa shape index (κ2) is 8.59. The van der Waals surface area contributed by atoms with Crippen LogP contribution in [0, 0.1) is 5.82 Å². The summed E-state index contributed by atoms with van der Waals surface area (Å²) in [5, 5.41) is 12.1. The number of hydrogen-bond acceptors (Lipinski definition) is 5. The van der Waals surface area contributed by atoms with E-state index in [4.69, 9.17) is 16.3 Å². The number of tetrazole rings is 1. The quantitative estimate of drug-likeness (QED) is 0.621. The number of aromatic nitrogens is 4. The predicted octanol–water partition coefficient (Wildman–Crippen LogP) is 2.70. The summed E-state index contributed by atoms with van der Waals surface area (Å²) in [6, 6.07) is 13.6. The first-order valence-corrected chi connectivity index (χ1v) is 8.52. The highest BCUT2D eigenvalue weighted by atomic mass is 35.5. The summed E-state index contributed by atoms with van der Waals surface area (Å²) in [6.07, 6.45) is 0. The van der Waals surface area contributed by atoms with Crippen LogP contribution in [0.3, 0.4) is 0 Å². The molecule has 2 aromatic carbocycles. The Kier molecular flexibility index (Phi) is 5.97. The van der Waals surface area contributed by atoms with Gasteiger partial charge in [-0.1, -0.05) is 35.9 Å². The fourth-order valence-electron chi connectivity index (χ4n) is 2.32.